The fourth-order valence-corrected chi connectivity index (χ4v) is 4.89. The second-order valence-electron chi connectivity index (χ2n) is 7.42. The van der Waals surface area contributed by atoms with Gasteiger partial charge in [0.15, 0.2) is 0 Å². The number of carbonyl (C=O) groups excluding carboxylic acids is 1. The van der Waals surface area contributed by atoms with Crippen LogP contribution in [0.2, 0.25) is 5.02 Å². The van der Waals surface area contributed by atoms with E-state index < -0.39 is 10.0 Å². The number of piperazine rings is 1. The minimum Gasteiger partial charge on any atom is -0.495 e. The lowest BCUT2D eigenvalue weighted by atomic mass is 10.1. The van der Waals surface area contributed by atoms with Crippen LogP contribution in [-0.2, 0) is 16.6 Å². The van der Waals surface area contributed by atoms with Crippen molar-refractivity contribution in [3.05, 3.63) is 52.5 Å². The molecule has 8 nitrogen and oxygen atoms in total. The third-order valence-electron chi connectivity index (χ3n) is 5.41. The second-order valence-corrected chi connectivity index (χ2v) is 10.1. The van der Waals surface area contributed by atoms with Crippen molar-refractivity contribution in [2.24, 2.45) is 0 Å². The number of nitrogens with one attached hydrogen (secondary N) is 1. The molecule has 1 N–H and O–H groups in total. The molecule has 10 heteroatoms. The molecule has 1 fully saturated rings. The van der Waals surface area contributed by atoms with Crippen LogP contribution in [0.3, 0.4) is 0 Å². The number of sulfonamides is 1. The Hall–Kier alpha value is -2.33. The van der Waals surface area contributed by atoms with E-state index >= 15 is 0 Å². The van der Waals surface area contributed by atoms with Gasteiger partial charge in [-0.25, -0.2) is 8.42 Å². The zero-order chi connectivity index (χ0) is 23.3. The molecule has 174 valence electrons. The molecule has 1 heterocycles. The Morgan fingerprint density at radius 1 is 1.06 bits per heavy atom. The van der Waals surface area contributed by atoms with Crippen molar-refractivity contribution in [3.63, 3.8) is 0 Å². The molecular formula is C22H28ClN3O5S. The molecule has 0 unspecified atom stereocenters. The summed E-state index contributed by atoms with van der Waals surface area (Å²) in [5.74, 6) is 0.698. The zero-order valence-electron chi connectivity index (χ0n) is 18.4. The first-order valence-corrected chi connectivity index (χ1v) is 12.3. The Kier molecular flexibility index (Phi) is 8.00. The van der Waals surface area contributed by atoms with Crippen LogP contribution in [0, 0.1) is 0 Å². The maximum atomic E-state index is 12.9. The number of halogens is 1. The molecule has 0 radical (unpaired) electrons. The number of methoxy groups -OCH3 is 2. The number of carbonyl (C=O) groups is 1. The van der Waals surface area contributed by atoms with Gasteiger partial charge in [0.1, 0.15) is 11.5 Å². The average Bonchev–Trinajstić information content (AvgIpc) is 2.80. The van der Waals surface area contributed by atoms with Crippen LogP contribution in [-0.4, -0.2) is 69.7 Å². The largest absolute Gasteiger partial charge is 0.495 e. The SMILES string of the molecule is CCS(=O)(=O)N1CCN(Cc2cccc(C(=O)Nc3cc(OC)c(Cl)cc3OC)c2)CC1. The van der Waals surface area contributed by atoms with Gasteiger partial charge < -0.3 is 14.8 Å². The first kappa shape index (κ1) is 24.3. The van der Waals surface area contributed by atoms with E-state index in [4.69, 9.17) is 21.1 Å². The van der Waals surface area contributed by atoms with Gasteiger partial charge in [0, 0.05) is 50.4 Å². The smallest absolute Gasteiger partial charge is 0.255 e. The van der Waals surface area contributed by atoms with Crippen LogP contribution in [0.15, 0.2) is 36.4 Å². The molecule has 0 bridgehead atoms. The highest BCUT2D eigenvalue weighted by atomic mass is 35.5. The Labute approximate surface area is 194 Å². The summed E-state index contributed by atoms with van der Waals surface area (Å²) in [7, 11) is -0.152. The molecule has 3 rings (SSSR count). The van der Waals surface area contributed by atoms with E-state index in [1.807, 2.05) is 18.2 Å². The van der Waals surface area contributed by atoms with Crippen LogP contribution < -0.4 is 14.8 Å². The highest BCUT2D eigenvalue weighted by molar-refractivity contribution is 7.89. The molecule has 0 saturated carbocycles. The highest BCUT2D eigenvalue weighted by Gasteiger charge is 2.25. The summed E-state index contributed by atoms with van der Waals surface area (Å²) in [5, 5.41) is 3.24. The molecular weight excluding hydrogens is 454 g/mol. The quantitative estimate of drug-likeness (QED) is 0.623. The topological polar surface area (TPSA) is 88.2 Å². The van der Waals surface area contributed by atoms with Crippen molar-refractivity contribution < 1.29 is 22.7 Å². The molecule has 0 aromatic heterocycles. The third kappa shape index (κ3) is 5.72. The number of nitrogens with zero attached hydrogens (tertiary/aromatic N) is 2. The van der Waals surface area contributed by atoms with E-state index in [0.29, 0.717) is 60.5 Å². The van der Waals surface area contributed by atoms with E-state index in [-0.39, 0.29) is 11.7 Å². The molecule has 1 aliphatic heterocycles. The van der Waals surface area contributed by atoms with Gasteiger partial charge in [-0.1, -0.05) is 23.7 Å². The van der Waals surface area contributed by atoms with Crippen molar-refractivity contribution in [2.75, 3.05) is 51.5 Å². The van der Waals surface area contributed by atoms with Crippen molar-refractivity contribution >= 4 is 33.2 Å². The minimum atomic E-state index is -3.15. The van der Waals surface area contributed by atoms with Gasteiger partial charge in [-0.2, -0.15) is 4.31 Å². The lowest BCUT2D eigenvalue weighted by Crippen LogP contribution is -2.48. The first-order chi connectivity index (χ1) is 15.3. The molecule has 32 heavy (non-hydrogen) atoms. The van der Waals surface area contributed by atoms with Gasteiger partial charge in [-0.05, 0) is 24.6 Å². The second kappa shape index (κ2) is 10.5. The summed E-state index contributed by atoms with van der Waals surface area (Å²) >= 11 is 6.13. The molecule has 2 aromatic carbocycles. The summed E-state index contributed by atoms with van der Waals surface area (Å²) in [6.45, 7) is 4.56. The number of hydrogen-bond donors (Lipinski definition) is 1. The van der Waals surface area contributed by atoms with Crippen molar-refractivity contribution in [3.8, 4) is 11.5 Å². The van der Waals surface area contributed by atoms with Crippen LogP contribution in [0.25, 0.3) is 0 Å². The molecule has 1 saturated heterocycles. The minimum absolute atomic E-state index is 0.119. The fourth-order valence-electron chi connectivity index (χ4n) is 3.57. The van der Waals surface area contributed by atoms with Crippen molar-refractivity contribution in [1.29, 1.82) is 0 Å². The van der Waals surface area contributed by atoms with E-state index in [1.165, 1.54) is 14.2 Å². The standard InChI is InChI=1S/C22H28ClN3O5S/c1-4-32(28,29)26-10-8-25(9-11-26)15-16-6-5-7-17(12-16)22(27)24-19-14-20(30-2)18(23)13-21(19)31-3/h5-7,12-14H,4,8-11,15H2,1-3H3,(H,24,27). The van der Waals surface area contributed by atoms with Crippen molar-refractivity contribution in [2.45, 2.75) is 13.5 Å². The number of amides is 1. The predicted octanol–water partition coefficient (Wildman–Crippen LogP) is 3.08. The molecule has 0 aliphatic carbocycles. The lowest BCUT2D eigenvalue weighted by Gasteiger charge is -2.33. The molecule has 0 spiro atoms. The molecule has 0 atom stereocenters. The summed E-state index contributed by atoms with van der Waals surface area (Å²) in [5.41, 5.74) is 1.94. The Balaban J connectivity index is 1.67. The fraction of sp³-hybridized carbons (Fsp3) is 0.409. The maximum absolute atomic E-state index is 12.9. The Morgan fingerprint density at radius 2 is 1.75 bits per heavy atom. The third-order valence-corrected chi connectivity index (χ3v) is 7.58. The normalized spacial score (nSPS) is 15.4. The molecule has 1 amide bonds. The number of benzene rings is 2. The van der Waals surface area contributed by atoms with Gasteiger partial charge in [-0.15, -0.1) is 0 Å². The monoisotopic (exact) mass is 481 g/mol. The number of ether oxygens (including phenoxy) is 2. The first-order valence-electron chi connectivity index (χ1n) is 10.3. The zero-order valence-corrected chi connectivity index (χ0v) is 20.0. The van der Waals surface area contributed by atoms with E-state index in [2.05, 4.69) is 10.2 Å². The maximum Gasteiger partial charge on any atom is 0.255 e. The number of rotatable bonds is 8. The van der Waals surface area contributed by atoms with Crippen LogP contribution in [0.1, 0.15) is 22.8 Å². The Morgan fingerprint density at radius 3 is 2.38 bits per heavy atom. The van der Waals surface area contributed by atoms with E-state index in [1.54, 1.807) is 29.4 Å². The Bertz CT molecular complexity index is 1070. The summed E-state index contributed by atoms with van der Waals surface area (Å²) in [6, 6.07) is 10.6. The van der Waals surface area contributed by atoms with E-state index in [0.717, 1.165) is 5.56 Å². The van der Waals surface area contributed by atoms with Crippen molar-refractivity contribution in [1.82, 2.24) is 9.21 Å². The lowest BCUT2D eigenvalue weighted by molar-refractivity contribution is 0.102. The highest BCUT2D eigenvalue weighted by Crippen LogP contribution is 2.36. The van der Waals surface area contributed by atoms with E-state index in [9.17, 15) is 13.2 Å². The number of hydrogen-bond acceptors (Lipinski definition) is 6. The van der Waals surface area contributed by atoms with Crippen LogP contribution in [0.4, 0.5) is 5.69 Å². The predicted molar refractivity (Wildman–Crippen MR) is 125 cm³/mol. The molecule has 1 aliphatic rings. The summed E-state index contributed by atoms with van der Waals surface area (Å²) in [4.78, 5) is 15.1. The van der Waals surface area contributed by atoms with Crippen LogP contribution in [0.5, 0.6) is 11.5 Å². The van der Waals surface area contributed by atoms with Gasteiger partial charge in [-0.3, -0.25) is 9.69 Å². The van der Waals surface area contributed by atoms with Gasteiger partial charge in [0.2, 0.25) is 10.0 Å². The summed E-state index contributed by atoms with van der Waals surface area (Å²) in [6.07, 6.45) is 0. The summed E-state index contributed by atoms with van der Waals surface area (Å²) < 4.78 is 36.2. The van der Waals surface area contributed by atoms with Crippen LogP contribution >= 0.6 is 11.6 Å². The molecule has 2 aromatic rings. The number of anilines is 1. The van der Waals surface area contributed by atoms with Gasteiger partial charge >= 0.3 is 0 Å². The average molecular weight is 482 g/mol. The van der Waals surface area contributed by atoms with Gasteiger partial charge in [0.25, 0.3) is 5.91 Å². The van der Waals surface area contributed by atoms with Gasteiger partial charge in [0.05, 0.1) is 30.7 Å².